The second kappa shape index (κ2) is 13.6. The molecule has 0 aromatic heterocycles. The summed E-state index contributed by atoms with van der Waals surface area (Å²) >= 11 is 0. The van der Waals surface area contributed by atoms with Crippen LogP contribution in [0.3, 0.4) is 0 Å². The number of rotatable bonds is 12. The summed E-state index contributed by atoms with van der Waals surface area (Å²) in [7, 11) is 0. The summed E-state index contributed by atoms with van der Waals surface area (Å²) in [6.07, 6.45) is 12.9. The van der Waals surface area contributed by atoms with E-state index in [1.807, 2.05) is 6.92 Å². The SMILES string of the molecule is CCCCCCCCCCCC(=O)NC(=O)CCC. The maximum absolute atomic E-state index is 11.4. The molecule has 0 saturated heterocycles. The van der Waals surface area contributed by atoms with Crippen LogP contribution in [0.2, 0.25) is 0 Å². The minimum absolute atomic E-state index is 0.110. The van der Waals surface area contributed by atoms with Gasteiger partial charge in [-0.1, -0.05) is 65.2 Å². The van der Waals surface area contributed by atoms with E-state index >= 15 is 0 Å². The molecule has 0 saturated carbocycles. The molecular formula is C16H31NO2. The van der Waals surface area contributed by atoms with Crippen molar-refractivity contribution in [2.24, 2.45) is 0 Å². The molecule has 0 rings (SSSR count). The Morgan fingerprint density at radius 2 is 1.11 bits per heavy atom. The molecule has 0 aromatic rings. The molecule has 0 spiro atoms. The molecule has 19 heavy (non-hydrogen) atoms. The maximum Gasteiger partial charge on any atom is 0.226 e. The molecule has 3 heteroatoms. The van der Waals surface area contributed by atoms with Gasteiger partial charge in [-0.2, -0.15) is 0 Å². The zero-order chi connectivity index (χ0) is 14.3. The monoisotopic (exact) mass is 269 g/mol. The average molecular weight is 269 g/mol. The first-order chi connectivity index (χ1) is 9.20. The first-order valence-corrected chi connectivity index (χ1v) is 8.03. The highest BCUT2D eigenvalue weighted by Crippen LogP contribution is 2.10. The molecule has 0 radical (unpaired) electrons. The van der Waals surface area contributed by atoms with E-state index in [1.165, 1.54) is 44.9 Å². The van der Waals surface area contributed by atoms with Gasteiger partial charge in [0.25, 0.3) is 0 Å². The molecule has 2 amide bonds. The molecule has 0 aliphatic heterocycles. The second-order valence-electron chi connectivity index (χ2n) is 5.30. The molecule has 0 aliphatic carbocycles. The van der Waals surface area contributed by atoms with E-state index in [0.29, 0.717) is 12.8 Å². The fourth-order valence-electron chi connectivity index (χ4n) is 2.10. The molecule has 112 valence electrons. The Morgan fingerprint density at radius 3 is 1.63 bits per heavy atom. The smallest absolute Gasteiger partial charge is 0.226 e. The van der Waals surface area contributed by atoms with Gasteiger partial charge in [0, 0.05) is 12.8 Å². The topological polar surface area (TPSA) is 46.2 Å². The van der Waals surface area contributed by atoms with Crippen LogP contribution in [-0.4, -0.2) is 11.8 Å². The largest absolute Gasteiger partial charge is 0.296 e. The molecule has 0 heterocycles. The lowest BCUT2D eigenvalue weighted by Gasteiger charge is -2.03. The van der Waals surface area contributed by atoms with Crippen molar-refractivity contribution in [3.05, 3.63) is 0 Å². The quantitative estimate of drug-likeness (QED) is 0.535. The molecule has 0 aromatic carbocycles. The lowest BCUT2D eigenvalue weighted by atomic mass is 10.1. The zero-order valence-corrected chi connectivity index (χ0v) is 12.8. The van der Waals surface area contributed by atoms with E-state index in [0.717, 1.165) is 19.3 Å². The van der Waals surface area contributed by atoms with Crippen LogP contribution in [0.1, 0.15) is 90.9 Å². The fourth-order valence-corrected chi connectivity index (χ4v) is 2.10. The Labute approximate surface area is 118 Å². The van der Waals surface area contributed by atoms with Gasteiger partial charge in [-0.05, 0) is 12.8 Å². The molecule has 1 N–H and O–H groups in total. The number of unbranched alkanes of at least 4 members (excludes halogenated alkanes) is 8. The highest BCUT2D eigenvalue weighted by molar-refractivity contribution is 5.95. The van der Waals surface area contributed by atoms with Gasteiger partial charge in [0.2, 0.25) is 11.8 Å². The highest BCUT2D eigenvalue weighted by atomic mass is 16.2. The van der Waals surface area contributed by atoms with Gasteiger partial charge in [0.1, 0.15) is 0 Å². The Bertz CT molecular complexity index is 239. The van der Waals surface area contributed by atoms with E-state index in [-0.39, 0.29) is 11.8 Å². The molecule has 0 bridgehead atoms. The fraction of sp³-hybridized carbons (Fsp3) is 0.875. The van der Waals surface area contributed by atoms with Gasteiger partial charge >= 0.3 is 0 Å². The van der Waals surface area contributed by atoms with Crippen molar-refractivity contribution in [2.45, 2.75) is 90.9 Å². The highest BCUT2D eigenvalue weighted by Gasteiger charge is 2.05. The Balaban J connectivity index is 3.25. The number of hydrogen-bond donors (Lipinski definition) is 1. The number of amides is 2. The summed E-state index contributed by atoms with van der Waals surface area (Å²) in [6.45, 7) is 4.17. The molecule has 0 atom stereocenters. The Kier molecular flexibility index (Phi) is 13.0. The number of hydrogen-bond acceptors (Lipinski definition) is 2. The van der Waals surface area contributed by atoms with Crippen molar-refractivity contribution in [1.29, 1.82) is 0 Å². The van der Waals surface area contributed by atoms with Crippen LogP contribution >= 0.6 is 0 Å². The van der Waals surface area contributed by atoms with Crippen LogP contribution in [0.15, 0.2) is 0 Å². The standard InChI is InChI=1S/C16H31NO2/c1-3-5-6-7-8-9-10-11-12-14-16(19)17-15(18)13-4-2/h3-14H2,1-2H3,(H,17,18,19). The van der Waals surface area contributed by atoms with Crippen LogP contribution in [0, 0.1) is 0 Å². The summed E-state index contributed by atoms with van der Waals surface area (Å²) in [5.74, 6) is -0.246. The number of carbonyl (C=O) groups excluding carboxylic acids is 2. The third kappa shape index (κ3) is 13.4. The summed E-state index contributed by atoms with van der Waals surface area (Å²) in [4.78, 5) is 22.6. The maximum atomic E-state index is 11.4. The van der Waals surface area contributed by atoms with Crippen LogP contribution in [0.25, 0.3) is 0 Å². The van der Waals surface area contributed by atoms with Gasteiger partial charge < -0.3 is 0 Å². The van der Waals surface area contributed by atoms with Crippen molar-refractivity contribution in [3.8, 4) is 0 Å². The van der Waals surface area contributed by atoms with E-state index < -0.39 is 0 Å². The summed E-state index contributed by atoms with van der Waals surface area (Å²) in [5.41, 5.74) is 0. The predicted octanol–water partition coefficient (Wildman–Crippen LogP) is 4.35. The van der Waals surface area contributed by atoms with E-state index in [4.69, 9.17) is 0 Å². The number of imide groups is 1. The molecule has 3 nitrogen and oxygen atoms in total. The second-order valence-corrected chi connectivity index (χ2v) is 5.30. The van der Waals surface area contributed by atoms with E-state index in [9.17, 15) is 9.59 Å². The average Bonchev–Trinajstić information content (AvgIpc) is 2.37. The Hall–Kier alpha value is -0.860. The molecule has 0 fully saturated rings. The first-order valence-electron chi connectivity index (χ1n) is 8.03. The van der Waals surface area contributed by atoms with Crippen LogP contribution in [0.4, 0.5) is 0 Å². The summed E-state index contributed by atoms with van der Waals surface area (Å²) < 4.78 is 0. The minimum atomic E-state index is -0.136. The van der Waals surface area contributed by atoms with Gasteiger partial charge in [-0.3, -0.25) is 14.9 Å². The predicted molar refractivity (Wildman–Crippen MR) is 79.9 cm³/mol. The normalized spacial score (nSPS) is 10.4. The van der Waals surface area contributed by atoms with Gasteiger partial charge in [-0.25, -0.2) is 0 Å². The van der Waals surface area contributed by atoms with Gasteiger partial charge in [-0.15, -0.1) is 0 Å². The first kappa shape index (κ1) is 18.1. The minimum Gasteiger partial charge on any atom is -0.296 e. The number of carbonyl (C=O) groups is 2. The molecule has 0 unspecified atom stereocenters. The van der Waals surface area contributed by atoms with Crippen molar-refractivity contribution < 1.29 is 9.59 Å². The zero-order valence-electron chi connectivity index (χ0n) is 12.8. The van der Waals surface area contributed by atoms with Gasteiger partial charge in [0.05, 0.1) is 0 Å². The van der Waals surface area contributed by atoms with Gasteiger partial charge in [0.15, 0.2) is 0 Å². The van der Waals surface area contributed by atoms with Crippen molar-refractivity contribution in [3.63, 3.8) is 0 Å². The third-order valence-electron chi connectivity index (χ3n) is 3.26. The Morgan fingerprint density at radius 1 is 0.632 bits per heavy atom. The third-order valence-corrected chi connectivity index (χ3v) is 3.26. The summed E-state index contributed by atoms with van der Waals surface area (Å²) in [5, 5.41) is 2.43. The van der Waals surface area contributed by atoms with E-state index in [2.05, 4.69) is 12.2 Å². The van der Waals surface area contributed by atoms with E-state index in [1.54, 1.807) is 0 Å². The lowest BCUT2D eigenvalue weighted by molar-refractivity contribution is -0.130. The van der Waals surface area contributed by atoms with Crippen LogP contribution < -0.4 is 5.32 Å². The number of nitrogens with one attached hydrogen (secondary N) is 1. The molecular weight excluding hydrogens is 238 g/mol. The van der Waals surface area contributed by atoms with Crippen LogP contribution in [0.5, 0.6) is 0 Å². The summed E-state index contributed by atoms with van der Waals surface area (Å²) in [6, 6.07) is 0. The van der Waals surface area contributed by atoms with Crippen LogP contribution in [-0.2, 0) is 9.59 Å². The van der Waals surface area contributed by atoms with Crippen molar-refractivity contribution in [2.75, 3.05) is 0 Å². The van der Waals surface area contributed by atoms with Crippen molar-refractivity contribution in [1.82, 2.24) is 5.32 Å². The van der Waals surface area contributed by atoms with Crippen molar-refractivity contribution >= 4 is 11.8 Å². The lowest BCUT2D eigenvalue weighted by Crippen LogP contribution is -2.29. The molecule has 0 aliphatic rings.